The minimum absolute atomic E-state index is 0.0228. The van der Waals surface area contributed by atoms with Crippen molar-refractivity contribution >= 4 is 11.8 Å². The summed E-state index contributed by atoms with van der Waals surface area (Å²) in [7, 11) is 1.76. The van der Waals surface area contributed by atoms with E-state index in [1.165, 1.54) is 0 Å². The van der Waals surface area contributed by atoms with E-state index in [-0.39, 0.29) is 24.4 Å². The molecule has 2 N–H and O–H groups in total. The van der Waals surface area contributed by atoms with Gasteiger partial charge in [0.15, 0.2) is 0 Å². The molecule has 2 atom stereocenters. The van der Waals surface area contributed by atoms with Crippen molar-refractivity contribution in [2.24, 2.45) is 5.73 Å². The number of carbonyl (C=O) groups excluding carboxylic acids is 2. The van der Waals surface area contributed by atoms with E-state index in [9.17, 15) is 9.59 Å². The Hall–Kier alpha value is -1.10. The zero-order valence-corrected chi connectivity index (χ0v) is 9.56. The molecule has 1 heterocycles. The number of amides is 2. The van der Waals surface area contributed by atoms with Crippen LogP contribution in [0.15, 0.2) is 0 Å². The number of nitrogens with zero attached hydrogens (tertiary/aromatic N) is 2. The van der Waals surface area contributed by atoms with Gasteiger partial charge in [0.1, 0.15) is 0 Å². The highest BCUT2D eigenvalue weighted by Gasteiger charge is 2.31. The second-order valence-electron chi connectivity index (χ2n) is 4.09. The summed E-state index contributed by atoms with van der Waals surface area (Å²) in [6.45, 7) is 4.53. The number of carbonyl (C=O) groups is 2. The molecule has 0 spiro atoms. The van der Waals surface area contributed by atoms with Crippen molar-refractivity contribution in [3.8, 4) is 0 Å². The van der Waals surface area contributed by atoms with E-state index in [4.69, 9.17) is 5.73 Å². The zero-order chi connectivity index (χ0) is 11.6. The third-order valence-corrected chi connectivity index (χ3v) is 2.93. The predicted octanol–water partition coefficient (Wildman–Crippen LogP) is -0.587. The Morgan fingerprint density at radius 2 is 2.27 bits per heavy atom. The molecule has 15 heavy (non-hydrogen) atoms. The first-order valence-electron chi connectivity index (χ1n) is 5.27. The molecule has 0 bridgehead atoms. The second-order valence-corrected chi connectivity index (χ2v) is 4.09. The zero-order valence-electron chi connectivity index (χ0n) is 9.56. The fraction of sp³-hybridized carbons (Fsp3) is 0.800. The molecule has 1 saturated heterocycles. The van der Waals surface area contributed by atoms with E-state index >= 15 is 0 Å². The maximum absolute atomic E-state index is 11.8. The molecule has 1 aliphatic rings. The molecule has 0 aromatic carbocycles. The molecule has 2 unspecified atom stereocenters. The van der Waals surface area contributed by atoms with Crippen LogP contribution in [0.2, 0.25) is 0 Å². The van der Waals surface area contributed by atoms with E-state index in [1.807, 2.05) is 13.8 Å². The van der Waals surface area contributed by atoms with Gasteiger partial charge in [-0.3, -0.25) is 9.59 Å². The average molecular weight is 213 g/mol. The fourth-order valence-electron chi connectivity index (χ4n) is 1.60. The van der Waals surface area contributed by atoms with Crippen LogP contribution >= 0.6 is 0 Å². The molecule has 86 valence electrons. The van der Waals surface area contributed by atoms with Crippen LogP contribution in [0.1, 0.15) is 20.3 Å². The normalized spacial score (nSPS) is 24.3. The Labute approximate surface area is 90.2 Å². The van der Waals surface area contributed by atoms with Crippen LogP contribution in [0.3, 0.4) is 0 Å². The highest BCUT2D eigenvalue weighted by Crippen LogP contribution is 2.09. The van der Waals surface area contributed by atoms with Gasteiger partial charge in [0.2, 0.25) is 11.8 Å². The smallest absolute Gasteiger partial charge is 0.242 e. The first-order chi connectivity index (χ1) is 6.97. The third-order valence-electron chi connectivity index (χ3n) is 2.93. The summed E-state index contributed by atoms with van der Waals surface area (Å²) >= 11 is 0. The second kappa shape index (κ2) is 4.61. The van der Waals surface area contributed by atoms with Crippen LogP contribution in [0.5, 0.6) is 0 Å². The summed E-state index contributed by atoms with van der Waals surface area (Å²) in [6.07, 6.45) is 0.605. The molecule has 0 aromatic rings. The number of hydrogen-bond donors (Lipinski definition) is 1. The van der Waals surface area contributed by atoms with Crippen LogP contribution < -0.4 is 5.73 Å². The quantitative estimate of drug-likeness (QED) is 0.667. The molecule has 0 aliphatic carbocycles. The average Bonchev–Trinajstić information content (AvgIpc) is 2.23. The number of piperazine rings is 1. The van der Waals surface area contributed by atoms with Crippen molar-refractivity contribution in [3.05, 3.63) is 0 Å². The van der Waals surface area contributed by atoms with Crippen molar-refractivity contribution in [3.63, 3.8) is 0 Å². The fourth-order valence-corrected chi connectivity index (χ4v) is 1.60. The first kappa shape index (κ1) is 12.0. The van der Waals surface area contributed by atoms with Crippen molar-refractivity contribution < 1.29 is 9.59 Å². The highest BCUT2D eigenvalue weighted by atomic mass is 16.2. The van der Waals surface area contributed by atoms with E-state index < -0.39 is 6.04 Å². The number of rotatable bonds is 2. The van der Waals surface area contributed by atoms with Crippen molar-refractivity contribution in [2.45, 2.75) is 32.4 Å². The van der Waals surface area contributed by atoms with Gasteiger partial charge >= 0.3 is 0 Å². The molecular formula is C10H19N3O2. The number of likely N-dealkylation sites (N-methyl/N-ethyl adjacent to an activating group) is 1. The standard InChI is InChI=1S/C10H19N3O2/c1-4-8(11)10(15)13-5-7(2)12(3)9(14)6-13/h7-8H,4-6,11H2,1-3H3. The molecule has 0 radical (unpaired) electrons. The highest BCUT2D eigenvalue weighted by molar-refractivity contribution is 5.88. The van der Waals surface area contributed by atoms with E-state index in [0.29, 0.717) is 13.0 Å². The van der Waals surface area contributed by atoms with Crippen molar-refractivity contribution in [1.82, 2.24) is 9.80 Å². The lowest BCUT2D eigenvalue weighted by atomic mass is 10.1. The van der Waals surface area contributed by atoms with E-state index in [1.54, 1.807) is 16.8 Å². The SMILES string of the molecule is CCC(N)C(=O)N1CC(=O)N(C)C(C)C1. The first-order valence-corrected chi connectivity index (χ1v) is 5.27. The Morgan fingerprint density at radius 3 is 2.73 bits per heavy atom. The molecule has 5 heteroatoms. The lowest BCUT2D eigenvalue weighted by Gasteiger charge is -2.38. The van der Waals surface area contributed by atoms with Gasteiger partial charge in [-0.25, -0.2) is 0 Å². The largest absolute Gasteiger partial charge is 0.340 e. The van der Waals surface area contributed by atoms with E-state index in [2.05, 4.69) is 0 Å². The maximum Gasteiger partial charge on any atom is 0.242 e. The van der Waals surface area contributed by atoms with Gasteiger partial charge in [-0.05, 0) is 13.3 Å². The lowest BCUT2D eigenvalue weighted by Crippen LogP contribution is -2.58. The molecular weight excluding hydrogens is 194 g/mol. The summed E-state index contributed by atoms with van der Waals surface area (Å²) in [6, 6.07) is -0.410. The molecule has 1 aliphatic heterocycles. The molecule has 1 fully saturated rings. The van der Waals surface area contributed by atoms with Gasteiger partial charge in [0.25, 0.3) is 0 Å². The summed E-state index contributed by atoms with van der Waals surface area (Å²) in [5.41, 5.74) is 5.66. The summed E-state index contributed by atoms with van der Waals surface area (Å²) in [5.74, 6) is -0.142. The van der Waals surface area contributed by atoms with Crippen LogP contribution in [0, 0.1) is 0 Å². The Morgan fingerprint density at radius 1 is 1.67 bits per heavy atom. The van der Waals surface area contributed by atoms with Gasteiger partial charge in [0.05, 0.1) is 12.6 Å². The molecule has 0 saturated carbocycles. The van der Waals surface area contributed by atoms with Crippen LogP contribution in [-0.4, -0.2) is 53.8 Å². The summed E-state index contributed by atoms with van der Waals surface area (Å²) in [4.78, 5) is 26.5. The Bertz CT molecular complexity index is 267. The minimum atomic E-state index is -0.478. The van der Waals surface area contributed by atoms with Crippen molar-refractivity contribution in [2.75, 3.05) is 20.1 Å². The third kappa shape index (κ3) is 2.47. The van der Waals surface area contributed by atoms with Crippen LogP contribution in [0.4, 0.5) is 0 Å². The van der Waals surface area contributed by atoms with Gasteiger partial charge in [0, 0.05) is 19.6 Å². The Kier molecular flexibility index (Phi) is 3.68. The minimum Gasteiger partial charge on any atom is -0.340 e. The summed E-state index contributed by atoms with van der Waals surface area (Å²) < 4.78 is 0. The van der Waals surface area contributed by atoms with E-state index in [0.717, 1.165) is 0 Å². The number of hydrogen-bond acceptors (Lipinski definition) is 3. The molecule has 5 nitrogen and oxygen atoms in total. The maximum atomic E-state index is 11.8. The van der Waals surface area contributed by atoms with Gasteiger partial charge in [-0.1, -0.05) is 6.92 Å². The topological polar surface area (TPSA) is 66.6 Å². The predicted molar refractivity (Wildman–Crippen MR) is 57.1 cm³/mol. The van der Waals surface area contributed by atoms with Crippen LogP contribution in [-0.2, 0) is 9.59 Å². The van der Waals surface area contributed by atoms with Crippen molar-refractivity contribution in [1.29, 1.82) is 0 Å². The van der Waals surface area contributed by atoms with Crippen LogP contribution in [0.25, 0.3) is 0 Å². The molecule has 0 aromatic heterocycles. The lowest BCUT2D eigenvalue weighted by molar-refractivity contribution is -0.147. The molecule has 2 amide bonds. The monoisotopic (exact) mass is 213 g/mol. The number of nitrogens with two attached hydrogens (primary N) is 1. The Balaban J connectivity index is 2.66. The van der Waals surface area contributed by atoms with Gasteiger partial charge in [-0.2, -0.15) is 0 Å². The molecule has 1 rings (SSSR count). The summed E-state index contributed by atoms with van der Waals surface area (Å²) in [5, 5.41) is 0. The van der Waals surface area contributed by atoms with Gasteiger partial charge in [-0.15, -0.1) is 0 Å². The van der Waals surface area contributed by atoms with Gasteiger partial charge < -0.3 is 15.5 Å².